The van der Waals surface area contributed by atoms with Crippen LogP contribution in [0.4, 0.5) is 4.79 Å². The van der Waals surface area contributed by atoms with Crippen LogP contribution in [0.15, 0.2) is 42.5 Å². The van der Waals surface area contributed by atoms with Crippen molar-refractivity contribution in [3.05, 3.63) is 69.2 Å². The van der Waals surface area contributed by atoms with Gasteiger partial charge in [-0.3, -0.25) is 9.69 Å². The van der Waals surface area contributed by atoms with Gasteiger partial charge in [-0.05, 0) is 36.2 Å². The molecule has 2 aromatic rings. The van der Waals surface area contributed by atoms with Crippen LogP contribution in [0.1, 0.15) is 23.6 Å². The van der Waals surface area contributed by atoms with Crippen LogP contribution in [0.5, 0.6) is 0 Å². The number of benzene rings is 2. The quantitative estimate of drug-likeness (QED) is 0.830. The standard InChI is InChI=1S/C18H13Cl2N3O2/c1-18(13-6-7-14(19)15(20)8-13)16(24)23(17(25)22-18)10-12-5-3-2-4-11(12)9-21/h2-8H,10H2,1H3,(H,22,25). The maximum absolute atomic E-state index is 12.9. The Kier molecular flexibility index (Phi) is 4.42. The summed E-state index contributed by atoms with van der Waals surface area (Å²) in [6, 6.07) is 13.2. The summed E-state index contributed by atoms with van der Waals surface area (Å²) in [7, 11) is 0. The van der Waals surface area contributed by atoms with E-state index in [0.717, 1.165) is 4.90 Å². The van der Waals surface area contributed by atoms with E-state index < -0.39 is 17.5 Å². The zero-order valence-electron chi connectivity index (χ0n) is 13.2. The van der Waals surface area contributed by atoms with Crippen LogP contribution in [-0.2, 0) is 16.9 Å². The van der Waals surface area contributed by atoms with E-state index in [1.807, 2.05) is 0 Å². The van der Waals surface area contributed by atoms with E-state index in [2.05, 4.69) is 11.4 Å². The molecule has 0 spiro atoms. The fraction of sp³-hybridized carbons (Fsp3) is 0.167. The molecule has 1 saturated heterocycles. The molecule has 1 N–H and O–H groups in total. The Morgan fingerprint density at radius 3 is 2.56 bits per heavy atom. The summed E-state index contributed by atoms with van der Waals surface area (Å²) in [6.45, 7) is 1.63. The van der Waals surface area contributed by atoms with Crippen molar-refractivity contribution in [2.24, 2.45) is 0 Å². The lowest BCUT2D eigenvalue weighted by Crippen LogP contribution is -2.40. The molecule has 0 aromatic heterocycles. The van der Waals surface area contributed by atoms with Gasteiger partial charge in [0.15, 0.2) is 0 Å². The molecule has 1 fully saturated rings. The molecular formula is C18H13Cl2N3O2. The summed E-state index contributed by atoms with van der Waals surface area (Å²) in [5, 5.41) is 12.6. The molecule has 1 atom stereocenters. The number of carbonyl (C=O) groups is 2. The van der Waals surface area contributed by atoms with Gasteiger partial charge >= 0.3 is 6.03 Å². The molecule has 0 saturated carbocycles. The van der Waals surface area contributed by atoms with Crippen molar-refractivity contribution in [1.29, 1.82) is 5.26 Å². The van der Waals surface area contributed by atoms with Crippen molar-refractivity contribution in [3.8, 4) is 6.07 Å². The molecule has 126 valence electrons. The highest BCUT2D eigenvalue weighted by molar-refractivity contribution is 6.42. The molecule has 2 aromatic carbocycles. The first kappa shape index (κ1) is 17.3. The smallest absolute Gasteiger partial charge is 0.319 e. The lowest BCUT2D eigenvalue weighted by atomic mass is 9.92. The summed E-state index contributed by atoms with van der Waals surface area (Å²) in [5.41, 5.74) is 0.321. The third kappa shape index (κ3) is 2.95. The maximum Gasteiger partial charge on any atom is 0.325 e. The monoisotopic (exact) mass is 373 g/mol. The Bertz CT molecular complexity index is 923. The molecule has 7 heteroatoms. The number of hydrogen-bond acceptors (Lipinski definition) is 3. The highest BCUT2D eigenvalue weighted by Crippen LogP contribution is 2.33. The minimum Gasteiger partial charge on any atom is -0.319 e. The van der Waals surface area contributed by atoms with Crippen molar-refractivity contribution in [2.75, 3.05) is 0 Å². The van der Waals surface area contributed by atoms with Crippen molar-refractivity contribution < 1.29 is 9.59 Å². The number of amides is 3. The molecule has 0 aliphatic carbocycles. The van der Waals surface area contributed by atoms with E-state index in [-0.39, 0.29) is 6.54 Å². The maximum atomic E-state index is 12.9. The van der Waals surface area contributed by atoms with Crippen LogP contribution in [0.25, 0.3) is 0 Å². The largest absolute Gasteiger partial charge is 0.325 e. The Balaban J connectivity index is 1.94. The van der Waals surface area contributed by atoms with Crippen LogP contribution in [0.3, 0.4) is 0 Å². The van der Waals surface area contributed by atoms with Gasteiger partial charge in [0, 0.05) is 0 Å². The number of halogens is 2. The highest BCUT2D eigenvalue weighted by Gasteiger charge is 2.49. The molecular weight excluding hydrogens is 361 g/mol. The number of nitriles is 1. The lowest BCUT2D eigenvalue weighted by molar-refractivity contribution is -0.131. The SMILES string of the molecule is CC1(c2ccc(Cl)c(Cl)c2)NC(=O)N(Cc2ccccc2C#N)C1=O. The number of hydrogen-bond donors (Lipinski definition) is 1. The van der Waals surface area contributed by atoms with Crippen molar-refractivity contribution >= 4 is 35.1 Å². The third-order valence-electron chi connectivity index (χ3n) is 4.24. The average molecular weight is 374 g/mol. The zero-order chi connectivity index (χ0) is 18.2. The molecule has 1 aliphatic heterocycles. The van der Waals surface area contributed by atoms with Gasteiger partial charge in [-0.15, -0.1) is 0 Å². The van der Waals surface area contributed by atoms with Gasteiger partial charge in [0.05, 0.1) is 28.2 Å². The summed E-state index contributed by atoms with van der Waals surface area (Å²) < 4.78 is 0. The van der Waals surface area contributed by atoms with Gasteiger partial charge in [0.2, 0.25) is 0 Å². The average Bonchev–Trinajstić information content (AvgIpc) is 2.82. The van der Waals surface area contributed by atoms with Gasteiger partial charge in [-0.25, -0.2) is 4.79 Å². The van der Waals surface area contributed by atoms with Gasteiger partial charge in [0.1, 0.15) is 5.54 Å². The summed E-state index contributed by atoms with van der Waals surface area (Å²) >= 11 is 12.0. The van der Waals surface area contributed by atoms with Crippen LogP contribution < -0.4 is 5.32 Å². The minimum absolute atomic E-state index is 0.0192. The Hall–Kier alpha value is -2.55. The Morgan fingerprint density at radius 1 is 1.16 bits per heavy atom. The first-order valence-electron chi connectivity index (χ1n) is 7.44. The molecule has 1 heterocycles. The molecule has 1 unspecified atom stereocenters. The molecule has 25 heavy (non-hydrogen) atoms. The predicted octanol–water partition coefficient (Wildman–Crippen LogP) is 3.83. The topological polar surface area (TPSA) is 73.2 Å². The molecule has 3 amide bonds. The van der Waals surface area contributed by atoms with E-state index in [1.54, 1.807) is 49.4 Å². The molecule has 0 bridgehead atoms. The van der Waals surface area contributed by atoms with Crippen molar-refractivity contribution in [3.63, 3.8) is 0 Å². The lowest BCUT2D eigenvalue weighted by Gasteiger charge is -2.22. The van der Waals surface area contributed by atoms with E-state index in [1.165, 1.54) is 0 Å². The van der Waals surface area contributed by atoms with Crippen LogP contribution in [0, 0.1) is 11.3 Å². The number of imide groups is 1. The van der Waals surface area contributed by atoms with Crippen LogP contribution >= 0.6 is 23.2 Å². The second kappa shape index (κ2) is 6.40. The molecule has 3 rings (SSSR count). The van der Waals surface area contributed by atoms with E-state index in [4.69, 9.17) is 23.2 Å². The van der Waals surface area contributed by atoms with E-state index in [0.29, 0.717) is 26.7 Å². The van der Waals surface area contributed by atoms with E-state index >= 15 is 0 Å². The summed E-state index contributed by atoms with van der Waals surface area (Å²) in [5.74, 6) is -0.413. The second-order valence-corrected chi connectivity index (χ2v) is 6.66. The number of nitrogens with zero attached hydrogens (tertiary/aromatic N) is 2. The number of nitrogens with one attached hydrogen (secondary N) is 1. The van der Waals surface area contributed by atoms with Gasteiger partial charge < -0.3 is 5.32 Å². The van der Waals surface area contributed by atoms with Crippen LogP contribution in [-0.4, -0.2) is 16.8 Å². The van der Waals surface area contributed by atoms with Crippen molar-refractivity contribution in [2.45, 2.75) is 19.0 Å². The highest BCUT2D eigenvalue weighted by atomic mass is 35.5. The summed E-state index contributed by atoms with van der Waals surface area (Å²) in [6.07, 6.45) is 0. The summed E-state index contributed by atoms with van der Waals surface area (Å²) in [4.78, 5) is 26.4. The predicted molar refractivity (Wildman–Crippen MR) is 94.1 cm³/mol. The van der Waals surface area contributed by atoms with Crippen LogP contribution in [0.2, 0.25) is 10.0 Å². The molecule has 5 nitrogen and oxygen atoms in total. The zero-order valence-corrected chi connectivity index (χ0v) is 14.7. The first-order chi connectivity index (χ1) is 11.9. The fourth-order valence-corrected chi connectivity index (χ4v) is 3.08. The second-order valence-electron chi connectivity index (χ2n) is 5.84. The number of carbonyl (C=O) groups excluding carboxylic acids is 2. The third-order valence-corrected chi connectivity index (χ3v) is 4.98. The Morgan fingerprint density at radius 2 is 1.88 bits per heavy atom. The first-order valence-corrected chi connectivity index (χ1v) is 8.20. The fourth-order valence-electron chi connectivity index (χ4n) is 2.78. The van der Waals surface area contributed by atoms with Gasteiger partial charge in [0.25, 0.3) is 5.91 Å². The van der Waals surface area contributed by atoms with Crippen molar-refractivity contribution in [1.82, 2.24) is 10.2 Å². The number of rotatable bonds is 3. The number of urea groups is 1. The normalized spacial score (nSPS) is 19.7. The molecule has 0 radical (unpaired) electrons. The van der Waals surface area contributed by atoms with Gasteiger partial charge in [-0.1, -0.05) is 47.5 Å². The van der Waals surface area contributed by atoms with Gasteiger partial charge in [-0.2, -0.15) is 5.26 Å². The Labute approximate surface area is 154 Å². The van der Waals surface area contributed by atoms with E-state index in [9.17, 15) is 14.9 Å². The minimum atomic E-state index is -1.24. The molecule has 1 aliphatic rings.